The third-order valence-corrected chi connectivity index (χ3v) is 7.35. The van der Waals surface area contributed by atoms with Crippen molar-refractivity contribution in [2.75, 3.05) is 5.32 Å². The van der Waals surface area contributed by atoms with Crippen LogP contribution in [-0.2, 0) is 4.79 Å². The van der Waals surface area contributed by atoms with Gasteiger partial charge in [0.25, 0.3) is 0 Å². The van der Waals surface area contributed by atoms with E-state index in [-0.39, 0.29) is 28.7 Å². The molecule has 0 bridgehead atoms. The number of thiophene rings is 1. The van der Waals surface area contributed by atoms with E-state index in [4.69, 9.17) is 5.11 Å². The Labute approximate surface area is 197 Å². The molecule has 1 heterocycles. The van der Waals surface area contributed by atoms with Gasteiger partial charge >= 0.3 is 5.97 Å². The molecule has 3 N–H and O–H groups in total. The average Bonchev–Trinajstić information content (AvgIpc) is 3.17. The van der Waals surface area contributed by atoms with Crippen molar-refractivity contribution in [2.45, 2.75) is 97.5 Å². The number of amides is 1. The summed E-state index contributed by atoms with van der Waals surface area (Å²) in [6.07, 6.45) is 11.9. The summed E-state index contributed by atoms with van der Waals surface area (Å²) < 4.78 is 0. The summed E-state index contributed by atoms with van der Waals surface area (Å²) in [4.78, 5) is 24.8. The van der Waals surface area contributed by atoms with Gasteiger partial charge in [0.2, 0.25) is 5.91 Å². The Morgan fingerprint density at radius 3 is 2.34 bits per heavy atom. The van der Waals surface area contributed by atoms with E-state index >= 15 is 0 Å². The number of carboxylic acid groups (broad SMARTS) is 1. The number of carbonyl (C=O) groups excluding carboxylic acids is 1. The number of aliphatic hydroxyl groups is 1. The van der Waals surface area contributed by atoms with Crippen LogP contribution >= 0.6 is 11.3 Å². The summed E-state index contributed by atoms with van der Waals surface area (Å²) in [6, 6.07) is 1.70. The molecule has 1 atom stereocenters. The van der Waals surface area contributed by atoms with Crippen LogP contribution in [0.5, 0.6) is 0 Å². The second kappa shape index (κ2) is 13.6. The molecule has 2 saturated carbocycles. The fourth-order valence-electron chi connectivity index (χ4n) is 4.24. The minimum atomic E-state index is -1.02. The molecule has 0 aliphatic heterocycles. The summed E-state index contributed by atoms with van der Waals surface area (Å²) in [6.45, 7) is 6.39. The predicted octanol–water partition coefficient (Wildman–Crippen LogP) is 6.31. The lowest BCUT2D eigenvalue weighted by atomic mass is 9.82. The molecule has 5 nitrogen and oxygen atoms in total. The maximum atomic E-state index is 12.5. The first kappa shape index (κ1) is 26.4. The van der Waals surface area contributed by atoms with E-state index in [0.29, 0.717) is 16.5 Å². The zero-order chi connectivity index (χ0) is 23.5. The number of hydrogen-bond acceptors (Lipinski definition) is 4. The number of aliphatic hydroxyl groups excluding tert-OH is 1. The van der Waals surface area contributed by atoms with Gasteiger partial charge in [0.15, 0.2) is 0 Å². The minimum absolute atomic E-state index is 0.0168. The van der Waals surface area contributed by atoms with Crippen LogP contribution in [0.25, 0.3) is 0 Å². The van der Waals surface area contributed by atoms with Crippen molar-refractivity contribution in [3.63, 3.8) is 0 Å². The van der Waals surface area contributed by atoms with E-state index in [2.05, 4.69) is 37.9 Å². The van der Waals surface area contributed by atoms with Gasteiger partial charge in [0.1, 0.15) is 4.88 Å². The van der Waals surface area contributed by atoms with Crippen LogP contribution in [0.4, 0.5) is 5.69 Å². The van der Waals surface area contributed by atoms with E-state index in [9.17, 15) is 14.7 Å². The maximum absolute atomic E-state index is 12.5. The Bertz CT molecular complexity index is 792. The Morgan fingerprint density at radius 2 is 1.81 bits per heavy atom. The second-order valence-corrected chi connectivity index (χ2v) is 10.4. The first-order valence-electron chi connectivity index (χ1n) is 12.2. The first-order valence-corrected chi connectivity index (χ1v) is 13.0. The highest BCUT2D eigenvalue weighted by atomic mass is 32.1. The van der Waals surface area contributed by atoms with E-state index in [1.54, 1.807) is 6.07 Å². The Morgan fingerprint density at radius 1 is 1.16 bits per heavy atom. The number of nitrogens with one attached hydrogen (secondary N) is 1. The molecule has 0 saturated heterocycles. The molecule has 1 amide bonds. The topological polar surface area (TPSA) is 86.6 Å². The summed E-state index contributed by atoms with van der Waals surface area (Å²) in [5.41, 5.74) is 0.383. The lowest BCUT2D eigenvalue weighted by Gasteiger charge is -2.25. The van der Waals surface area contributed by atoms with Crippen LogP contribution in [0.3, 0.4) is 0 Å². The molecule has 2 aliphatic rings. The van der Waals surface area contributed by atoms with Gasteiger partial charge < -0.3 is 15.5 Å². The zero-order valence-corrected chi connectivity index (χ0v) is 20.6. The number of rotatable bonds is 5. The molecule has 32 heavy (non-hydrogen) atoms. The van der Waals surface area contributed by atoms with Gasteiger partial charge in [-0.2, -0.15) is 0 Å². The van der Waals surface area contributed by atoms with Crippen LogP contribution in [0.15, 0.2) is 6.07 Å². The number of carbonyl (C=O) groups is 2. The molecule has 0 radical (unpaired) electrons. The maximum Gasteiger partial charge on any atom is 0.348 e. The molecule has 178 valence electrons. The molecule has 1 aromatic heterocycles. The van der Waals surface area contributed by atoms with Crippen molar-refractivity contribution >= 4 is 28.9 Å². The van der Waals surface area contributed by atoms with Crippen molar-refractivity contribution in [3.8, 4) is 11.8 Å². The monoisotopic (exact) mass is 461 g/mol. The molecular formula is C26H39NO4S. The Kier molecular flexibility index (Phi) is 11.3. The zero-order valence-electron chi connectivity index (χ0n) is 19.8. The van der Waals surface area contributed by atoms with E-state index in [0.717, 1.165) is 62.7 Å². The number of carboxylic acids is 1. The highest BCUT2D eigenvalue weighted by Crippen LogP contribution is 2.31. The summed E-state index contributed by atoms with van der Waals surface area (Å²) in [7, 11) is 0. The molecule has 1 aromatic rings. The van der Waals surface area contributed by atoms with Gasteiger partial charge in [-0.1, -0.05) is 58.3 Å². The third-order valence-electron chi connectivity index (χ3n) is 6.31. The average molecular weight is 462 g/mol. The molecule has 2 aliphatic carbocycles. The third kappa shape index (κ3) is 8.96. The quantitative estimate of drug-likeness (QED) is 0.448. The SMILES string of the molecule is CCCC(C)C#Cc1cc(NC(=O)C2CCC(C)CC2)c(C(=O)O)s1.OC1CCCCC1. The molecule has 2 fully saturated rings. The predicted molar refractivity (Wildman–Crippen MR) is 131 cm³/mol. The van der Waals surface area contributed by atoms with Crippen molar-refractivity contribution in [2.24, 2.45) is 17.8 Å². The van der Waals surface area contributed by atoms with Crippen LogP contribution in [0, 0.1) is 29.6 Å². The van der Waals surface area contributed by atoms with Crippen LogP contribution in [0.2, 0.25) is 0 Å². The molecule has 0 aromatic carbocycles. The number of aromatic carboxylic acids is 1. The van der Waals surface area contributed by atoms with Crippen molar-refractivity contribution < 1.29 is 19.8 Å². The number of anilines is 1. The van der Waals surface area contributed by atoms with Crippen molar-refractivity contribution in [3.05, 3.63) is 15.8 Å². The fourth-order valence-corrected chi connectivity index (χ4v) is 5.06. The second-order valence-electron chi connectivity index (χ2n) is 9.36. The summed E-state index contributed by atoms with van der Waals surface area (Å²) >= 11 is 1.13. The van der Waals surface area contributed by atoms with E-state index < -0.39 is 5.97 Å². The smallest absolute Gasteiger partial charge is 0.348 e. The highest BCUT2D eigenvalue weighted by Gasteiger charge is 2.26. The van der Waals surface area contributed by atoms with Crippen molar-refractivity contribution in [1.29, 1.82) is 0 Å². The summed E-state index contributed by atoms with van der Waals surface area (Å²) in [5.74, 6) is 6.06. The largest absolute Gasteiger partial charge is 0.477 e. The first-order chi connectivity index (χ1) is 15.3. The van der Waals surface area contributed by atoms with Crippen LogP contribution in [0.1, 0.15) is 106 Å². The normalized spacial score (nSPS) is 22.0. The van der Waals surface area contributed by atoms with Gasteiger partial charge in [0, 0.05) is 11.8 Å². The molecule has 6 heteroatoms. The summed E-state index contributed by atoms with van der Waals surface area (Å²) in [5, 5.41) is 21.2. The van der Waals surface area contributed by atoms with Gasteiger partial charge in [0.05, 0.1) is 16.7 Å². The fraction of sp³-hybridized carbons (Fsp3) is 0.692. The van der Waals surface area contributed by atoms with Crippen LogP contribution < -0.4 is 5.32 Å². The van der Waals surface area contributed by atoms with Crippen LogP contribution in [-0.4, -0.2) is 28.2 Å². The van der Waals surface area contributed by atoms with E-state index in [1.807, 2.05) is 0 Å². The molecule has 0 spiro atoms. The highest BCUT2D eigenvalue weighted by molar-refractivity contribution is 7.15. The van der Waals surface area contributed by atoms with Gasteiger partial charge in [-0.3, -0.25) is 4.79 Å². The van der Waals surface area contributed by atoms with E-state index in [1.165, 1.54) is 19.3 Å². The molecular weight excluding hydrogens is 422 g/mol. The Balaban J connectivity index is 0.000000439. The van der Waals surface area contributed by atoms with Gasteiger partial charge in [-0.05, 0) is 56.9 Å². The molecule has 1 unspecified atom stereocenters. The minimum Gasteiger partial charge on any atom is -0.477 e. The molecule has 3 rings (SSSR count). The number of hydrogen-bond donors (Lipinski definition) is 3. The Hall–Kier alpha value is -1.84. The lowest BCUT2D eigenvalue weighted by molar-refractivity contribution is -0.121. The van der Waals surface area contributed by atoms with Gasteiger partial charge in [-0.15, -0.1) is 11.3 Å². The van der Waals surface area contributed by atoms with Crippen molar-refractivity contribution in [1.82, 2.24) is 0 Å². The lowest BCUT2D eigenvalue weighted by Crippen LogP contribution is -2.27. The van der Waals surface area contributed by atoms with Gasteiger partial charge in [-0.25, -0.2) is 4.79 Å². The standard InChI is InChI=1S/C20H27NO3S.C6H12O/c1-4-5-13(2)8-11-16-12-17(18(25-16)20(23)24)21-19(22)15-9-6-14(3)7-10-15;7-6-4-2-1-3-5-6/h12-15H,4-7,9-10H2,1-3H3,(H,21,22)(H,23,24);6-7H,1-5H2.